The second kappa shape index (κ2) is 9.74. The number of hydrogen-bond acceptors (Lipinski definition) is 6. The maximum absolute atomic E-state index is 12.8. The van der Waals surface area contributed by atoms with Crippen LogP contribution in [0.15, 0.2) is 52.2 Å². The lowest BCUT2D eigenvalue weighted by Crippen LogP contribution is -2.23. The molecule has 1 amide bonds. The largest absolute Gasteiger partial charge is 0.385 e. The quantitative estimate of drug-likeness (QED) is 0.382. The Bertz CT molecular complexity index is 1380. The topological polar surface area (TPSA) is 114 Å². The lowest BCUT2D eigenvalue weighted by atomic mass is 10.1. The third kappa shape index (κ3) is 4.96. The summed E-state index contributed by atoms with van der Waals surface area (Å²) < 4.78 is 32.5. The highest BCUT2D eigenvalue weighted by atomic mass is 32.2. The Labute approximate surface area is 190 Å². The van der Waals surface area contributed by atoms with Gasteiger partial charge in [0.2, 0.25) is 10.0 Å². The Balaban J connectivity index is 1.89. The summed E-state index contributed by atoms with van der Waals surface area (Å²) in [6, 6.07) is 10.6. The van der Waals surface area contributed by atoms with Gasteiger partial charge in [0.25, 0.3) is 11.5 Å². The van der Waals surface area contributed by atoms with E-state index in [4.69, 9.17) is 17.0 Å². The molecule has 2 N–H and O–H groups in total. The maximum atomic E-state index is 12.8. The molecule has 3 rings (SSSR count). The Hall–Kier alpha value is -2.86. The Morgan fingerprint density at radius 1 is 1.22 bits per heavy atom. The second-order valence-electron chi connectivity index (χ2n) is 7.26. The Morgan fingerprint density at radius 2 is 1.97 bits per heavy atom. The van der Waals surface area contributed by atoms with Crippen LogP contribution in [0, 0.1) is 4.77 Å². The molecular formula is C21H24N4O5S2. The van der Waals surface area contributed by atoms with Gasteiger partial charge in [0.05, 0.1) is 15.8 Å². The van der Waals surface area contributed by atoms with Gasteiger partial charge in [-0.15, -0.1) is 0 Å². The number of ether oxygens (including phenoxy) is 1. The molecule has 2 aromatic carbocycles. The molecule has 0 aliphatic carbocycles. The van der Waals surface area contributed by atoms with Crippen LogP contribution in [0.4, 0.5) is 5.69 Å². The van der Waals surface area contributed by atoms with E-state index in [-0.39, 0.29) is 15.2 Å². The molecule has 0 unspecified atom stereocenters. The van der Waals surface area contributed by atoms with E-state index in [1.807, 2.05) is 0 Å². The molecule has 0 saturated heterocycles. The van der Waals surface area contributed by atoms with Crippen molar-refractivity contribution in [2.75, 3.05) is 33.1 Å². The van der Waals surface area contributed by atoms with Gasteiger partial charge in [-0.05, 0) is 55.0 Å². The molecule has 0 aliphatic heterocycles. The smallest absolute Gasteiger partial charge is 0.262 e. The lowest BCUT2D eigenvalue weighted by molar-refractivity contribution is 0.102. The van der Waals surface area contributed by atoms with Gasteiger partial charge in [-0.2, -0.15) is 0 Å². The van der Waals surface area contributed by atoms with Crippen LogP contribution in [-0.2, 0) is 21.3 Å². The van der Waals surface area contributed by atoms with Gasteiger partial charge >= 0.3 is 0 Å². The number of fused-ring (bicyclic) bond motifs is 1. The normalized spacial score (nSPS) is 11.8. The van der Waals surface area contributed by atoms with E-state index in [9.17, 15) is 18.0 Å². The van der Waals surface area contributed by atoms with Crippen molar-refractivity contribution in [1.29, 1.82) is 0 Å². The number of nitrogens with zero attached hydrogens (tertiary/aromatic N) is 2. The molecule has 0 saturated carbocycles. The van der Waals surface area contributed by atoms with E-state index in [1.165, 1.54) is 36.9 Å². The summed E-state index contributed by atoms with van der Waals surface area (Å²) in [5.74, 6) is -0.449. The van der Waals surface area contributed by atoms with Crippen molar-refractivity contribution >= 4 is 44.7 Å². The molecule has 170 valence electrons. The average Bonchev–Trinajstić information content (AvgIpc) is 2.75. The molecule has 0 spiro atoms. The minimum Gasteiger partial charge on any atom is -0.385 e. The van der Waals surface area contributed by atoms with Crippen LogP contribution in [0.25, 0.3) is 10.9 Å². The standard InChI is InChI=1S/C21H24N4O5S2/c1-24(2)32(28,29)16-7-4-6-15(13-16)22-19(26)14-8-9-17-18(12-14)23-21(31)25(20(17)27)10-5-11-30-3/h4,6-9,12-13H,5,10-11H2,1-3H3,(H,22,26)(H,23,31). The van der Waals surface area contributed by atoms with E-state index < -0.39 is 15.9 Å². The summed E-state index contributed by atoms with van der Waals surface area (Å²) in [6.45, 7) is 0.932. The summed E-state index contributed by atoms with van der Waals surface area (Å²) in [7, 11) is 0.832. The first kappa shape index (κ1) is 23.8. The van der Waals surface area contributed by atoms with Gasteiger partial charge in [0, 0.05) is 45.6 Å². The summed E-state index contributed by atoms with van der Waals surface area (Å²) >= 11 is 5.31. The third-order valence-corrected chi connectivity index (χ3v) is 6.98. The van der Waals surface area contributed by atoms with E-state index in [0.29, 0.717) is 41.7 Å². The lowest BCUT2D eigenvalue weighted by Gasteiger charge is -2.13. The molecule has 1 aromatic heterocycles. The molecular weight excluding hydrogens is 452 g/mol. The molecule has 9 nitrogen and oxygen atoms in total. The van der Waals surface area contributed by atoms with Crippen molar-refractivity contribution in [3.05, 3.63) is 63.2 Å². The average molecular weight is 477 g/mol. The summed E-state index contributed by atoms with van der Waals surface area (Å²) in [5.41, 5.74) is 0.827. The van der Waals surface area contributed by atoms with E-state index in [2.05, 4.69) is 10.3 Å². The SMILES string of the molecule is COCCCn1c(=S)[nH]c2cc(C(=O)Nc3cccc(S(=O)(=O)N(C)C)c3)ccc2c1=O. The number of aromatic nitrogens is 2. The zero-order valence-corrected chi connectivity index (χ0v) is 19.5. The number of amides is 1. The Kier molecular flexibility index (Phi) is 7.24. The van der Waals surface area contributed by atoms with Gasteiger partial charge in [-0.3, -0.25) is 14.2 Å². The highest BCUT2D eigenvalue weighted by Gasteiger charge is 2.18. The van der Waals surface area contributed by atoms with Crippen molar-refractivity contribution in [3.63, 3.8) is 0 Å². The predicted octanol–water partition coefficient (Wildman–Crippen LogP) is 2.60. The van der Waals surface area contributed by atoms with Crippen LogP contribution in [0.1, 0.15) is 16.8 Å². The first-order valence-corrected chi connectivity index (χ1v) is 11.6. The predicted molar refractivity (Wildman–Crippen MR) is 125 cm³/mol. The summed E-state index contributed by atoms with van der Waals surface area (Å²) in [5, 5.41) is 3.10. The monoisotopic (exact) mass is 476 g/mol. The van der Waals surface area contributed by atoms with Crippen molar-refractivity contribution in [2.45, 2.75) is 17.9 Å². The van der Waals surface area contributed by atoms with Crippen LogP contribution in [0.2, 0.25) is 0 Å². The fourth-order valence-corrected chi connectivity index (χ4v) is 4.35. The van der Waals surface area contributed by atoms with Crippen molar-refractivity contribution in [2.24, 2.45) is 0 Å². The number of carbonyl (C=O) groups is 1. The van der Waals surface area contributed by atoms with Crippen molar-refractivity contribution in [3.8, 4) is 0 Å². The molecule has 11 heteroatoms. The number of rotatable bonds is 8. The summed E-state index contributed by atoms with van der Waals surface area (Å²) in [6.07, 6.45) is 0.641. The number of H-pyrrole nitrogens is 1. The first-order valence-electron chi connectivity index (χ1n) is 9.75. The van der Waals surface area contributed by atoms with Crippen LogP contribution >= 0.6 is 12.2 Å². The number of sulfonamides is 1. The Morgan fingerprint density at radius 3 is 2.66 bits per heavy atom. The van der Waals surface area contributed by atoms with E-state index in [0.717, 1.165) is 4.31 Å². The fourth-order valence-electron chi connectivity index (χ4n) is 3.11. The third-order valence-electron chi connectivity index (χ3n) is 4.84. The summed E-state index contributed by atoms with van der Waals surface area (Å²) in [4.78, 5) is 28.6. The zero-order valence-electron chi connectivity index (χ0n) is 17.9. The first-order chi connectivity index (χ1) is 15.1. The number of hydrogen-bond donors (Lipinski definition) is 2. The van der Waals surface area contributed by atoms with Crippen LogP contribution in [-0.4, -0.2) is 56.0 Å². The fraction of sp³-hybridized carbons (Fsp3) is 0.286. The highest BCUT2D eigenvalue weighted by Crippen LogP contribution is 2.19. The zero-order chi connectivity index (χ0) is 23.5. The van der Waals surface area contributed by atoms with Crippen molar-refractivity contribution < 1.29 is 17.9 Å². The number of methoxy groups -OCH3 is 1. The molecule has 0 aliphatic rings. The van der Waals surface area contributed by atoms with Gasteiger partial charge in [-0.1, -0.05) is 6.07 Å². The second-order valence-corrected chi connectivity index (χ2v) is 9.80. The van der Waals surface area contributed by atoms with Crippen molar-refractivity contribution in [1.82, 2.24) is 13.9 Å². The van der Waals surface area contributed by atoms with Gasteiger partial charge in [-0.25, -0.2) is 12.7 Å². The number of aromatic amines is 1. The highest BCUT2D eigenvalue weighted by molar-refractivity contribution is 7.89. The van der Waals surface area contributed by atoms with Crippen LogP contribution < -0.4 is 10.9 Å². The number of benzene rings is 2. The molecule has 32 heavy (non-hydrogen) atoms. The number of anilines is 1. The van der Waals surface area contributed by atoms with E-state index >= 15 is 0 Å². The van der Waals surface area contributed by atoms with Gasteiger partial charge in [0.1, 0.15) is 0 Å². The molecule has 0 fully saturated rings. The molecule has 0 radical (unpaired) electrons. The molecule has 0 atom stereocenters. The molecule has 0 bridgehead atoms. The maximum Gasteiger partial charge on any atom is 0.262 e. The van der Waals surface area contributed by atoms with Gasteiger partial charge in [0.15, 0.2) is 4.77 Å². The molecule has 3 aromatic rings. The minimum absolute atomic E-state index is 0.0666. The minimum atomic E-state index is -3.63. The number of nitrogens with one attached hydrogen (secondary N) is 2. The molecule has 1 heterocycles. The number of carbonyl (C=O) groups excluding carboxylic acids is 1. The van der Waals surface area contributed by atoms with Gasteiger partial charge < -0.3 is 15.0 Å². The van der Waals surface area contributed by atoms with Crippen LogP contribution in [0.3, 0.4) is 0 Å². The van der Waals surface area contributed by atoms with E-state index in [1.54, 1.807) is 31.4 Å². The van der Waals surface area contributed by atoms with Crippen LogP contribution in [0.5, 0.6) is 0 Å².